The van der Waals surface area contributed by atoms with Gasteiger partial charge in [-0.15, -0.1) is 0 Å². The molecule has 0 aliphatic carbocycles. The predicted molar refractivity (Wildman–Crippen MR) is 60.7 cm³/mol. The van der Waals surface area contributed by atoms with Crippen LogP contribution in [0.1, 0.15) is 25.0 Å². The van der Waals surface area contributed by atoms with E-state index in [2.05, 4.69) is 54.6 Å². The Balaban J connectivity index is 2.94. The Bertz CT molecular complexity index is 300. The van der Waals surface area contributed by atoms with E-state index in [9.17, 15) is 0 Å². The molecule has 0 N–H and O–H groups in total. The van der Waals surface area contributed by atoms with Gasteiger partial charge >= 0.3 is 0 Å². The van der Waals surface area contributed by atoms with Gasteiger partial charge in [-0.05, 0) is 41.7 Å². The highest BCUT2D eigenvalue weighted by Crippen LogP contribution is 2.18. The summed E-state index contributed by atoms with van der Waals surface area (Å²) >= 11 is 3.48. The fourth-order valence-corrected chi connectivity index (χ4v) is 1.88. The Morgan fingerprint density at radius 3 is 2.62 bits per heavy atom. The standard InChI is InChI=1S/C12H14Br/c1-4-10-6-11(5-9(2)3)8-12(13)7-10/h6-9H,1,5H2,2-3H3. The number of rotatable bonds is 3. The van der Waals surface area contributed by atoms with E-state index in [1.807, 2.05) is 6.07 Å². The van der Waals surface area contributed by atoms with Crippen molar-refractivity contribution >= 4 is 15.9 Å². The molecule has 0 heterocycles. The second kappa shape index (κ2) is 4.61. The van der Waals surface area contributed by atoms with Gasteiger partial charge in [-0.1, -0.05) is 42.4 Å². The summed E-state index contributed by atoms with van der Waals surface area (Å²) in [5.41, 5.74) is 2.40. The van der Waals surface area contributed by atoms with E-state index in [0.29, 0.717) is 5.92 Å². The highest BCUT2D eigenvalue weighted by molar-refractivity contribution is 9.10. The Morgan fingerprint density at radius 2 is 2.08 bits per heavy atom. The first-order valence-corrected chi connectivity index (χ1v) is 5.23. The van der Waals surface area contributed by atoms with E-state index >= 15 is 0 Å². The molecule has 0 saturated carbocycles. The van der Waals surface area contributed by atoms with Gasteiger partial charge in [0.25, 0.3) is 0 Å². The first-order valence-electron chi connectivity index (χ1n) is 4.44. The van der Waals surface area contributed by atoms with Crippen LogP contribution >= 0.6 is 15.9 Å². The van der Waals surface area contributed by atoms with Crippen LogP contribution in [0.25, 0.3) is 0 Å². The lowest BCUT2D eigenvalue weighted by molar-refractivity contribution is 0.647. The molecule has 0 atom stereocenters. The van der Waals surface area contributed by atoms with Crippen LogP contribution in [0.4, 0.5) is 0 Å². The van der Waals surface area contributed by atoms with E-state index in [4.69, 9.17) is 0 Å². The van der Waals surface area contributed by atoms with Crippen molar-refractivity contribution in [3.05, 3.63) is 46.5 Å². The average molecular weight is 238 g/mol. The second-order valence-electron chi connectivity index (χ2n) is 3.62. The summed E-state index contributed by atoms with van der Waals surface area (Å²) in [5, 5.41) is 0. The highest BCUT2D eigenvalue weighted by Gasteiger charge is 2.00. The molecule has 0 nitrogen and oxygen atoms in total. The fourth-order valence-electron chi connectivity index (χ4n) is 1.34. The van der Waals surface area contributed by atoms with Gasteiger partial charge < -0.3 is 0 Å². The van der Waals surface area contributed by atoms with Crippen molar-refractivity contribution in [3.8, 4) is 0 Å². The fraction of sp³-hybridized carbons (Fsp3) is 0.333. The molecule has 1 aromatic rings. The minimum Gasteiger partial charge on any atom is -0.0906 e. The SMILES string of the molecule is C=[C]c1cc(Br)cc(CC(C)C)c1. The number of benzene rings is 1. The molecule has 0 unspecified atom stereocenters. The first-order chi connectivity index (χ1) is 6.11. The molecular formula is C12H14Br. The Labute approximate surface area is 88.8 Å². The summed E-state index contributed by atoms with van der Waals surface area (Å²) in [6.07, 6.45) is 4.01. The van der Waals surface area contributed by atoms with E-state index in [-0.39, 0.29) is 0 Å². The third kappa shape index (κ3) is 3.35. The Morgan fingerprint density at radius 1 is 1.38 bits per heavy atom. The summed E-state index contributed by atoms with van der Waals surface area (Å²) in [4.78, 5) is 0. The van der Waals surface area contributed by atoms with Gasteiger partial charge in [-0.3, -0.25) is 0 Å². The number of hydrogen-bond donors (Lipinski definition) is 0. The van der Waals surface area contributed by atoms with Crippen LogP contribution in [0.3, 0.4) is 0 Å². The van der Waals surface area contributed by atoms with Crippen molar-refractivity contribution < 1.29 is 0 Å². The van der Waals surface area contributed by atoms with Crippen LogP contribution in [0.15, 0.2) is 29.3 Å². The van der Waals surface area contributed by atoms with E-state index in [0.717, 1.165) is 16.5 Å². The maximum atomic E-state index is 3.65. The molecule has 1 aromatic carbocycles. The lowest BCUT2D eigenvalue weighted by atomic mass is 10.0. The summed E-state index contributed by atoms with van der Waals surface area (Å²) in [6.45, 7) is 8.09. The highest BCUT2D eigenvalue weighted by atomic mass is 79.9. The molecule has 0 aromatic heterocycles. The van der Waals surface area contributed by atoms with Crippen LogP contribution in [0.5, 0.6) is 0 Å². The minimum atomic E-state index is 0.687. The molecule has 0 bridgehead atoms. The van der Waals surface area contributed by atoms with Crippen LogP contribution in [0, 0.1) is 12.0 Å². The van der Waals surface area contributed by atoms with E-state index in [1.54, 1.807) is 0 Å². The summed E-state index contributed by atoms with van der Waals surface area (Å²) in [5.74, 6) is 0.687. The van der Waals surface area contributed by atoms with Gasteiger partial charge in [0.05, 0.1) is 0 Å². The van der Waals surface area contributed by atoms with Gasteiger partial charge in [0.1, 0.15) is 0 Å². The molecule has 0 saturated heterocycles. The zero-order valence-electron chi connectivity index (χ0n) is 8.10. The molecule has 13 heavy (non-hydrogen) atoms. The maximum Gasteiger partial charge on any atom is 0.0184 e. The van der Waals surface area contributed by atoms with Crippen molar-refractivity contribution in [1.29, 1.82) is 0 Å². The normalized spacial score (nSPS) is 10.5. The molecule has 0 amide bonds. The molecule has 69 valence electrons. The lowest BCUT2D eigenvalue weighted by Gasteiger charge is -2.06. The van der Waals surface area contributed by atoms with Crippen molar-refractivity contribution in [3.63, 3.8) is 0 Å². The molecule has 1 radical (unpaired) electrons. The summed E-state index contributed by atoms with van der Waals surface area (Å²) < 4.78 is 1.11. The van der Waals surface area contributed by atoms with Gasteiger partial charge in [0.2, 0.25) is 0 Å². The zero-order chi connectivity index (χ0) is 9.84. The van der Waals surface area contributed by atoms with Gasteiger partial charge in [0.15, 0.2) is 0 Å². The van der Waals surface area contributed by atoms with Crippen molar-refractivity contribution in [2.75, 3.05) is 0 Å². The molecule has 0 aliphatic rings. The predicted octanol–water partition coefficient (Wildman–Crippen LogP) is 3.98. The number of halogens is 1. The van der Waals surface area contributed by atoms with Crippen molar-refractivity contribution in [2.24, 2.45) is 5.92 Å². The largest absolute Gasteiger partial charge is 0.0906 e. The minimum absolute atomic E-state index is 0.687. The van der Waals surface area contributed by atoms with Crippen LogP contribution in [-0.4, -0.2) is 0 Å². The third-order valence-corrected chi connectivity index (χ3v) is 2.26. The summed E-state index contributed by atoms with van der Waals surface area (Å²) in [7, 11) is 0. The molecule has 0 spiro atoms. The molecule has 0 aliphatic heterocycles. The quantitative estimate of drug-likeness (QED) is 0.747. The topological polar surface area (TPSA) is 0 Å². The van der Waals surface area contributed by atoms with Crippen LogP contribution < -0.4 is 0 Å². The number of hydrogen-bond acceptors (Lipinski definition) is 0. The van der Waals surface area contributed by atoms with Crippen LogP contribution in [0.2, 0.25) is 0 Å². The Kier molecular flexibility index (Phi) is 3.73. The van der Waals surface area contributed by atoms with E-state index in [1.165, 1.54) is 5.56 Å². The monoisotopic (exact) mass is 237 g/mol. The lowest BCUT2D eigenvalue weighted by Crippen LogP contribution is -1.94. The van der Waals surface area contributed by atoms with Crippen molar-refractivity contribution in [2.45, 2.75) is 20.3 Å². The summed E-state index contributed by atoms with van der Waals surface area (Å²) in [6, 6.07) is 6.31. The molecule has 1 rings (SSSR count). The second-order valence-corrected chi connectivity index (χ2v) is 4.54. The van der Waals surface area contributed by atoms with Gasteiger partial charge in [0, 0.05) is 4.47 Å². The Hall–Kier alpha value is -0.560. The average Bonchev–Trinajstić information content (AvgIpc) is 2.01. The van der Waals surface area contributed by atoms with Crippen molar-refractivity contribution in [1.82, 2.24) is 0 Å². The van der Waals surface area contributed by atoms with Crippen LogP contribution in [-0.2, 0) is 6.42 Å². The maximum absolute atomic E-state index is 3.65. The molecule has 1 heteroatoms. The smallest absolute Gasteiger partial charge is 0.0184 e. The molecular weight excluding hydrogens is 224 g/mol. The third-order valence-electron chi connectivity index (χ3n) is 1.81. The van der Waals surface area contributed by atoms with E-state index < -0.39 is 0 Å². The zero-order valence-corrected chi connectivity index (χ0v) is 9.69. The molecule has 0 fully saturated rings. The van der Waals surface area contributed by atoms with Gasteiger partial charge in [-0.25, -0.2) is 0 Å². The first kappa shape index (κ1) is 10.5. The van der Waals surface area contributed by atoms with Gasteiger partial charge in [-0.2, -0.15) is 0 Å².